The molecule has 2 heterocycles. The second-order valence-corrected chi connectivity index (χ2v) is 10.8. The van der Waals surface area contributed by atoms with E-state index >= 15 is 0 Å². The fourth-order valence-electron chi connectivity index (χ4n) is 4.72. The van der Waals surface area contributed by atoms with Gasteiger partial charge in [-0.25, -0.2) is 0 Å². The Bertz CT molecular complexity index is 1560. The number of hydrogen-bond donors (Lipinski definition) is 1. The van der Waals surface area contributed by atoms with E-state index in [-0.39, 0.29) is 19.0 Å². The van der Waals surface area contributed by atoms with Gasteiger partial charge in [-0.05, 0) is 48.5 Å². The Morgan fingerprint density at radius 2 is 1.57 bits per heavy atom. The van der Waals surface area contributed by atoms with Crippen LogP contribution in [0.15, 0.2) is 77.7 Å². The SMILES string of the molecule is CC(=O)N1CC(C#[N+]S(=O)(=O)c2ccc(OC(F)(F)F)cc2)[C@H](O)[C@@H](N2c3ccccc3Oc3ccccc32)C1. The van der Waals surface area contributed by atoms with E-state index in [1.807, 2.05) is 29.2 Å². The van der Waals surface area contributed by atoms with Gasteiger partial charge in [-0.2, -0.15) is 0 Å². The standard InChI is InChI=1S/C27H23F3N3O6S/c1-17(34)32-15-18(14-31-40(36,37)20-12-10-19(11-13-20)39-27(28,29)30)26(35)23(16-32)33-21-6-2-4-8-24(21)38-25-9-5-3-7-22(25)33/h2-13,18,23,26,35H,15-16H2,1H3/q+1/t18?,23-,26-/m0/s1. The zero-order valence-electron chi connectivity index (χ0n) is 20.9. The van der Waals surface area contributed by atoms with Crippen LogP contribution in [-0.4, -0.2) is 55.9 Å². The first-order valence-corrected chi connectivity index (χ1v) is 13.5. The first kappa shape index (κ1) is 27.3. The predicted molar refractivity (Wildman–Crippen MR) is 138 cm³/mol. The van der Waals surface area contributed by atoms with Crippen LogP contribution >= 0.6 is 0 Å². The first-order valence-electron chi connectivity index (χ1n) is 12.1. The molecule has 1 fully saturated rings. The lowest BCUT2D eigenvalue weighted by Gasteiger charge is -2.46. The van der Waals surface area contributed by atoms with E-state index in [0.29, 0.717) is 22.9 Å². The number of carbonyl (C=O) groups excluding carboxylic acids is 1. The number of rotatable bonds is 3. The number of nitrogens with zero attached hydrogens (tertiary/aromatic N) is 3. The van der Waals surface area contributed by atoms with Gasteiger partial charge in [0.1, 0.15) is 11.7 Å². The number of piperidine rings is 1. The van der Waals surface area contributed by atoms with Crippen molar-refractivity contribution in [3.8, 4) is 23.3 Å². The lowest BCUT2D eigenvalue weighted by Crippen LogP contribution is -2.59. The van der Waals surface area contributed by atoms with Gasteiger partial charge in [0.15, 0.2) is 16.4 Å². The molecule has 3 aromatic rings. The molecule has 0 radical (unpaired) electrons. The zero-order chi connectivity index (χ0) is 28.7. The molecular weight excluding hydrogens is 551 g/mol. The zero-order valence-corrected chi connectivity index (χ0v) is 21.8. The highest BCUT2D eigenvalue weighted by Gasteiger charge is 2.45. The lowest BCUT2D eigenvalue weighted by molar-refractivity contribution is -0.274. The van der Waals surface area contributed by atoms with E-state index in [0.717, 1.165) is 24.3 Å². The van der Waals surface area contributed by atoms with Crippen molar-refractivity contribution in [3.05, 3.63) is 77.0 Å². The Balaban J connectivity index is 1.48. The largest absolute Gasteiger partial charge is 0.573 e. The summed E-state index contributed by atoms with van der Waals surface area (Å²) >= 11 is 0. The van der Waals surface area contributed by atoms with Crippen molar-refractivity contribution in [1.29, 1.82) is 0 Å². The molecule has 0 spiro atoms. The van der Waals surface area contributed by atoms with Crippen LogP contribution in [0.4, 0.5) is 24.5 Å². The Labute approximate surface area is 227 Å². The molecule has 208 valence electrons. The first-order chi connectivity index (χ1) is 18.9. The van der Waals surface area contributed by atoms with Crippen LogP contribution in [0.2, 0.25) is 0 Å². The topological polar surface area (TPSA) is 101 Å². The summed E-state index contributed by atoms with van der Waals surface area (Å²) in [5.41, 5.74) is 1.31. The molecule has 3 atom stereocenters. The summed E-state index contributed by atoms with van der Waals surface area (Å²) in [5.74, 6) is -0.798. The molecule has 9 nitrogen and oxygen atoms in total. The molecule has 2 aliphatic rings. The molecule has 0 aliphatic carbocycles. The molecule has 0 aromatic heterocycles. The third-order valence-corrected chi connectivity index (χ3v) is 7.79. The van der Waals surface area contributed by atoms with Gasteiger partial charge in [-0.3, -0.25) is 4.79 Å². The number of carbonyl (C=O) groups is 1. The molecule has 2 aliphatic heterocycles. The van der Waals surface area contributed by atoms with Gasteiger partial charge < -0.3 is 24.4 Å². The molecule has 0 saturated carbocycles. The number of sulfonamides is 1. The van der Waals surface area contributed by atoms with Gasteiger partial charge in [0.25, 0.3) is 0 Å². The summed E-state index contributed by atoms with van der Waals surface area (Å²) in [6.07, 6.45) is -6.14. The summed E-state index contributed by atoms with van der Waals surface area (Å²) in [7, 11) is -4.39. The third-order valence-electron chi connectivity index (χ3n) is 6.57. The van der Waals surface area contributed by atoms with Gasteiger partial charge in [0.05, 0.1) is 27.8 Å². The van der Waals surface area contributed by atoms with Crippen molar-refractivity contribution < 1.29 is 41.0 Å². The molecule has 1 amide bonds. The molecule has 5 rings (SSSR count). The number of likely N-dealkylation sites (tertiary alicyclic amines) is 1. The predicted octanol–water partition coefficient (Wildman–Crippen LogP) is 4.76. The number of benzene rings is 3. The average molecular weight is 575 g/mol. The molecule has 13 heteroatoms. The highest BCUT2D eigenvalue weighted by Crippen LogP contribution is 2.48. The maximum Gasteiger partial charge on any atom is 0.573 e. The van der Waals surface area contributed by atoms with Crippen molar-refractivity contribution in [2.75, 3.05) is 18.0 Å². The molecule has 3 aromatic carbocycles. The van der Waals surface area contributed by atoms with Crippen LogP contribution in [0.25, 0.3) is 4.25 Å². The van der Waals surface area contributed by atoms with Crippen molar-refractivity contribution in [3.63, 3.8) is 0 Å². The van der Waals surface area contributed by atoms with E-state index in [1.54, 1.807) is 24.3 Å². The minimum absolute atomic E-state index is 0.0436. The van der Waals surface area contributed by atoms with Crippen LogP contribution in [0, 0.1) is 12.0 Å². The minimum Gasteiger partial charge on any atom is -0.453 e. The maximum absolute atomic E-state index is 12.8. The van der Waals surface area contributed by atoms with Crippen LogP contribution in [0.1, 0.15) is 6.92 Å². The summed E-state index contributed by atoms with van der Waals surface area (Å²) in [4.78, 5) is 15.4. The second kappa shape index (κ2) is 10.4. The number of para-hydroxylation sites is 4. The second-order valence-electron chi connectivity index (χ2n) is 9.21. The lowest BCUT2D eigenvalue weighted by atomic mass is 9.89. The Morgan fingerprint density at radius 3 is 2.12 bits per heavy atom. The third kappa shape index (κ3) is 5.54. The van der Waals surface area contributed by atoms with Gasteiger partial charge in [0, 0.05) is 20.0 Å². The molecular formula is C27H23F3N3O6S+. The van der Waals surface area contributed by atoms with E-state index in [9.17, 15) is 31.5 Å². The van der Waals surface area contributed by atoms with Gasteiger partial charge in [-0.1, -0.05) is 24.3 Å². The summed E-state index contributed by atoms with van der Waals surface area (Å²) in [5, 5.41) is 11.5. The minimum atomic E-state index is -4.93. The Kier molecular flexibility index (Phi) is 7.07. The van der Waals surface area contributed by atoms with Crippen molar-refractivity contribution >= 4 is 27.3 Å². The number of aliphatic hydroxyl groups excluding tert-OH is 1. The van der Waals surface area contributed by atoms with Crippen LogP contribution in [0.5, 0.6) is 17.2 Å². The number of alkyl halides is 3. The van der Waals surface area contributed by atoms with Gasteiger partial charge >= 0.3 is 22.5 Å². The molecule has 1 N–H and O–H groups in total. The van der Waals surface area contributed by atoms with Gasteiger partial charge in [0.2, 0.25) is 5.91 Å². The number of anilines is 2. The number of fused-ring (bicyclic) bond motifs is 2. The smallest absolute Gasteiger partial charge is 0.453 e. The quantitative estimate of drug-likeness (QED) is 0.482. The Hall–Kier alpha value is -4.28. The Morgan fingerprint density at radius 1 is 1.00 bits per heavy atom. The van der Waals surface area contributed by atoms with Crippen molar-refractivity contribution in [2.24, 2.45) is 5.92 Å². The van der Waals surface area contributed by atoms with Crippen LogP contribution in [-0.2, 0) is 14.8 Å². The molecule has 40 heavy (non-hydrogen) atoms. The highest BCUT2D eigenvalue weighted by molar-refractivity contribution is 7.93. The summed E-state index contributed by atoms with van der Waals surface area (Å²) in [6, 6.07) is 19.7. The number of halogens is 3. The molecule has 1 saturated heterocycles. The van der Waals surface area contributed by atoms with E-state index < -0.39 is 45.1 Å². The van der Waals surface area contributed by atoms with Crippen molar-refractivity contribution in [2.45, 2.75) is 30.3 Å². The summed E-state index contributed by atoms with van der Waals surface area (Å²) < 4.78 is 76.3. The summed E-state index contributed by atoms with van der Waals surface area (Å²) in [6.45, 7) is 1.45. The van der Waals surface area contributed by atoms with E-state index in [4.69, 9.17) is 4.74 Å². The van der Waals surface area contributed by atoms with Crippen molar-refractivity contribution in [1.82, 2.24) is 4.90 Å². The molecule has 0 bridgehead atoms. The van der Waals surface area contributed by atoms with Gasteiger partial charge in [-0.15, -0.1) is 21.6 Å². The van der Waals surface area contributed by atoms with E-state index in [2.05, 4.69) is 15.1 Å². The maximum atomic E-state index is 12.8. The fraction of sp³-hybridized carbons (Fsp3) is 0.259. The number of ether oxygens (including phenoxy) is 2. The van der Waals surface area contributed by atoms with E-state index in [1.165, 1.54) is 11.8 Å². The molecule has 1 unspecified atom stereocenters. The highest BCUT2D eigenvalue weighted by atomic mass is 32.2. The average Bonchev–Trinajstić information content (AvgIpc) is 2.90. The number of hydrogen-bond acceptors (Lipinski definition) is 7. The monoisotopic (exact) mass is 574 g/mol. The fourth-order valence-corrected chi connectivity index (χ4v) is 5.58. The number of amides is 1. The number of aliphatic hydroxyl groups is 1. The van der Waals surface area contributed by atoms with Crippen LogP contribution < -0.4 is 14.4 Å². The normalized spacial score (nSPS) is 20.4. The van der Waals surface area contributed by atoms with Crippen LogP contribution in [0.3, 0.4) is 0 Å².